The van der Waals surface area contributed by atoms with Crippen molar-refractivity contribution in [2.45, 2.75) is 19.4 Å². The van der Waals surface area contributed by atoms with E-state index in [1.165, 1.54) is 0 Å². The molecule has 0 aliphatic heterocycles. The van der Waals surface area contributed by atoms with E-state index in [1.807, 2.05) is 42.5 Å². The van der Waals surface area contributed by atoms with Gasteiger partial charge in [-0.1, -0.05) is 35.0 Å². The van der Waals surface area contributed by atoms with Crippen LogP contribution < -0.4 is 21.7 Å². The number of benzene rings is 2. The van der Waals surface area contributed by atoms with Crippen LogP contribution in [0.2, 0.25) is 0 Å². The van der Waals surface area contributed by atoms with Gasteiger partial charge in [0.15, 0.2) is 0 Å². The van der Waals surface area contributed by atoms with Gasteiger partial charge in [0.05, 0.1) is 12.6 Å². The van der Waals surface area contributed by atoms with E-state index in [2.05, 4.69) is 28.3 Å². The molecule has 2 aromatic rings. The largest absolute Gasteiger partial charge is 0.494 e. The predicted molar refractivity (Wildman–Crippen MR) is 89.9 cm³/mol. The van der Waals surface area contributed by atoms with E-state index in [1.54, 1.807) is 0 Å². The number of hydrogen-bond donors (Lipinski definition) is 3. The van der Waals surface area contributed by atoms with Crippen molar-refractivity contribution in [3.63, 3.8) is 0 Å². The maximum absolute atomic E-state index is 6.06. The fourth-order valence-corrected chi connectivity index (χ4v) is 2.52. The zero-order valence-electron chi connectivity index (χ0n) is 12.0. The van der Waals surface area contributed by atoms with Crippen molar-refractivity contribution in [2.24, 2.45) is 5.84 Å². The maximum atomic E-state index is 6.06. The van der Waals surface area contributed by atoms with Crippen molar-refractivity contribution in [3.8, 4) is 5.75 Å². The van der Waals surface area contributed by atoms with E-state index in [0.717, 1.165) is 34.4 Å². The number of ether oxygens (including phenoxy) is 1. The fourth-order valence-electron chi connectivity index (χ4n) is 2.14. The molecule has 2 aromatic carbocycles. The Hall–Kier alpha value is -1.56. The first kappa shape index (κ1) is 15.8. The molecule has 2 rings (SSSR count). The molecule has 0 spiro atoms. The maximum Gasteiger partial charge on any atom is 0.119 e. The molecule has 5 heteroatoms. The molecule has 0 amide bonds. The van der Waals surface area contributed by atoms with Gasteiger partial charge < -0.3 is 10.5 Å². The Balaban J connectivity index is 2.26. The Kier molecular flexibility index (Phi) is 5.61. The Morgan fingerprint density at radius 2 is 1.90 bits per heavy atom. The lowest BCUT2D eigenvalue weighted by molar-refractivity contribution is 0.317. The van der Waals surface area contributed by atoms with Crippen molar-refractivity contribution in [1.29, 1.82) is 0 Å². The lowest BCUT2D eigenvalue weighted by Crippen LogP contribution is -2.29. The number of anilines is 1. The van der Waals surface area contributed by atoms with E-state index < -0.39 is 0 Å². The van der Waals surface area contributed by atoms with Crippen LogP contribution in [-0.2, 0) is 0 Å². The second-order valence-corrected chi connectivity index (χ2v) is 5.71. The standard InChI is InChI=1S/C16H20BrN3O/c1-2-9-21-13-6-3-11(4-7-13)16(20-19)14-10-12(17)5-8-15(14)18/h3-8,10,16,20H,2,9,18-19H2,1H3. The lowest BCUT2D eigenvalue weighted by atomic mass is 9.98. The van der Waals surface area contributed by atoms with E-state index in [4.69, 9.17) is 16.3 Å². The van der Waals surface area contributed by atoms with Crippen LogP contribution in [0.1, 0.15) is 30.5 Å². The van der Waals surface area contributed by atoms with Crippen LogP contribution in [0.3, 0.4) is 0 Å². The van der Waals surface area contributed by atoms with Gasteiger partial charge >= 0.3 is 0 Å². The summed E-state index contributed by atoms with van der Waals surface area (Å²) in [6.07, 6.45) is 0.989. The summed E-state index contributed by atoms with van der Waals surface area (Å²) < 4.78 is 6.56. The van der Waals surface area contributed by atoms with Crippen molar-refractivity contribution >= 4 is 21.6 Å². The average Bonchev–Trinajstić information content (AvgIpc) is 2.50. The number of nitrogens with two attached hydrogens (primary N) is 2. The minimum Gasteiger partial charge on any atom is -0.494 e. The molecule has 0 bridgehead atoms. The van der Waals surface area contributed by atoms with Gasteiger partial charge in [-0.2, -0.15) is 0 Å². The monoisotopic (exact) mass is 349 g/mol. The van der Waals surface area contributed by atoms with Gasteiger partial charge in [-0.15, -0.1) is 0 Å². The van der Waals surface area contributed by atoms with Crippen molar-refractivity contribution in [1.82, 2.24) is 5.43 Å². The first-order valence-electron chi connectivity index (χ1n) is 6.89. The third-order valence-corrected chi connectivity index (χ3v) is 3.71. The van der Waals surface area contributed by atoms with Crippen LogP contribution >= 0.6 is 15.9 Å². The minimum atomic E-state index is -0.164. The first-order valence-corrected chi connectivity index (χ1v) is 7.68. The molecule has 0 aliphatic carbocycles. The smallest absolute Gasteiger partial charge is 0.119 e. The van der Waals surface area contributed by atoms with Crippen molar-refractivity contribution in [2.75, 3.05) is 12.3 Å². The minimum absolute atomic E-state index is 0.164. The molecular weight excluding hydrogens is 330 g/mol. The number of nitrogens with one attached hydrogen (secondary N) is 1. The van der Waals surface area contributed by atoms with Gasteiger partial charge in [-0.25, -0.2) is 5.43 Å². The number of rotatable bonds is 6. The third kappa shape index (κ3) is 3.97. The van der Waals surface area contributed by atoms with E-state index in [-0.39, 0.29) is 6.04 Å². The quantitative estimate of drug-likeness (QED) is 0.424. The van der Waals surface area contributed by atoms with Crippen LogP contribution in [-0.4, -0.2) is 6.61 Å². The summed E-state index contributed by atoms with van der Waals surface area (Å²) in [6, 6.07) is 13.5. The molecule has 21 heavy (non-hydrogen) atoms. The average molecular weight is 350 g/mol. The second kappa shape index (κ2) is 7.45. The van der Waals surface area contributed by atoms with Crippen LogP contribution in [0, 0.1) is 0 Å². The van der Waals surface area contributed by atoms with Crippen LogP contribution in [0.15, 0.2) is 46.9 Å². The molecule has 0 aliphatic rings. The molecule has 0 radical (unpaired) electrons. The summed E-state index contributed by atoms with van der Waals surface area (Å²) in [6.45, 7) is 2.80. The highest BCUT2D eigenvalue weighted by Crippen LogP contribution is 2.29. The number of hydrogen-bond acceptors (Lipinski definition) is 4. The number of halogens is 1. The molecule has 4 nitrogen and oxygen atoms in total. The SMILES string of the molecule is CCCOc1ccc(C(NN)c2cc(Br)ccc2N)cc1. The molecule has 0 aromatic heterocycles. The van der Waals surface area contributed by atoms with Gasteiger partial charge in [0.1, 0.15) is 5.75 Å². The normalized spacial score (nSPS) is 12.1. The summed E-state index contributed by atoms with van der Waals surface area (Å²) in [5.74, 6) is 6.58. The topological polar surface area (TPSA) is 73.3 Å². The summed E-state index contributed by atoms with van der Waals surface area (Å²) in [5, 5.41) is 0. The van der Waals surface area contributed by atoms with E-state index in [0.29, 0.717) is 5.69 Å². The molecular formula is C16H20BrN3O. The molecule has 0 saturated heterocycles. The first-order chi connectivity index (χ1) is 10.2. The van der Waals surface area contributed by atoms with Crippen LogP contribution in [0.25, 0.3) is 0 Å². The summed E-state index contributed by atoms with van der Waals surface area (Å²) in [5.41, 5.74) is 11.6. The van der Waals surface area contributed by atoms with Gasteiger partial charge in [0.25, 0.3) is 0 Å². The highest BCUT2D eigenvalue weighted by Gasteiger charge is 2.15. The molecule has 5 N–H and O–H groups in total. The van der Waals surface area contributed by atoms with Gasteiger partial charge in [-0.3, -0.25) is 5.84 Å². The summed E-state index contributed by atoms with van der Waals surface area (Å²) >= 11 is 3.46. The molecule has 1 unspecified atom stereocenters. The van der Waals surface area contributed by atoms with Crippen molar-refractivity contribution in [3.05, 3.63) is 58.1 Å². The molecule has 0 saturated carbocycles. The zero-order valence-corrected chi connectivity index (χ0v) is 13.6. The number of nitrogen functional groups attached to an aromatic ring is 1. The fraction of sp³-hybridized carbons (Fsp3) is 0.250. The van der Waals surface area contributed by atoms with Gasteiger partial charge in [0, 0.05) is 10.2 Å². The zero-order chi connectivity index (χ0) is 15.2. The Labute approximate surface area is 133 Å². The molecule has 0 fully saturated rings. The summed E-state index contributed by atoms with van der Waals surface area (Å²) in [4.78, 5) is 0. The van der Waals surface area contributed by atoms with E-state index >= 15 is 0 Å². The third-order valence-electron chi connectivity index (χ3n) is 3.21. The second-order valence-electron chi connectivity index (χ2n) is 4.79. The van der Waals surface area contributed by atoms with Gasteiger partial charge in [0.2, 0.25) is 0 Å². The Bertz CT molecular complexity index is 587. The molecule has 0 heterocycles. The van der Waals surface area contributed by atoms with Crippen molar-refractivity contribution < 1.29 is 4.74 Å². The van der Waals surface area contributed by atoms with Gasteiger partial charge in [-0.05, 0) is 47.9 Å². The highest BCUT2D eigenvalue weighted by atomic mass is 79.9. The Morgan fingerprint density at radius 1 is 1.19 bits per heavy atom. The predicted octanol–water partition coefficient (Wildman–Crippen LogP) is 3.37. The molecule has 112 valence electrons. The Morgan fingerprint density at radius 3 is 2.52 bits per heavy atom. The van der Waals surface area contributed by atoms with E-state index in [9.17, 15) is 0 Å². The van der Waals surface area contributed by atoms with Crippen LogP contribution in [0.5, 0.6) is 5.75 Å². The highest BCUT2D eigenvalue weighted by molar-refractivity contribution is 9.10. The number of hydrazine groups is 1. The summed E-state index contributed by atoms with van der Waals surface area (Å²) in [7, 11) is 0. The molecule has 1 atom stereocenters. The lowest BCUT2D eigenvalue weighted by Gasteiger charge is -2.19. The van der Waals surface area contributed by atoms with Crippen LogP contribution in [0.4, 0.5) is 5.69 Å².